The molecular formula is C126H124Br3Cl6N6O3W3-3. The van der Waals surface area contributed by atoms with Gasteiger partial charge in [0.05, 0.1) is 4.47 Å². The molecule has 760 valence electrons. The molecule has 0 spiro atoms. The first kappa shape index (κ1) is 118. The molecule has 3 heterocycles. The molecule has 0 saturated carbocycles. The molecule has 17 aromatic rings. The average Bonchev–Trinajstić information content (AvgIpc) is 0.978. The number of hydrogen-bond donors (Lipinski definition) is 3. The van der Waals surface area contributed by atoms with E-state index < -0.39 is 53.8 Å². The zero-order valence-electron chi connectivity index (χ0n) is 85.7. The molecule has 21 heteroatoms. The van der Waals surface area contributed by atoms with E-state index in [0.29, 0.717) is 41.6 Å². The van der Waals surface area contributed by atoms with E-state index in [1.807, 2.05) is 308 Å². The fourth-order valence-electron chi connectivity index (χ4n) is 16.0. The third-order valence-corrected chi connectivity index (χ3v) is 38.9. The van der Waals surface area contributed by atoms with Gasteiger partial charge in [-0.2, -0.15) is 34.2 Å². The summed E-state index contributed by atoms with van der Waals surface area (Å²) in [5.74, 6) is 1.02. The maximum atomic E-state index is 11.9. The van der Waals surface area contributed by atoms with Gasteiger partial charge in [0, 0.05) is 47.9 Å². The molecule has 0 unspecified atom stereocenters. The first-order chi connectivity index (χ1) is 70.2. The number of aryl methyl sites for hydroxylation is 8. The van der Waals surface area contributed by atoms with E-state index >= 15 is 0 Å². The van der Waals surface area contributed by atoms with Crippen molar-refractivity contribution in [3.8, 4) is 106 Å². The summed E-state index contributed by atoms with van der Waals surface area (Å²) in [6, 6.07) is 108. The maximum Gasteiger partial charge on any atom is 0.137 e. The third-order valence-electron chi connectivity index (χ3n) is 22.9. The minimum atomic E-state index is -0.850. The average molecular weight is 2770 g/mol. The van der Waals surface area contributed by atoms with Gasteiger partial charge in [0.25, 0.3) is 0 Å². The van der Waals surface area contributed by atoms with Crippen molar-refractivity contribution in [3.63, 3.8) is 0 Å². The van der Waals surface area contributed by atoms with Gasteiger partial charge in [-0.15, -0.1) is 0 Å². The van der Waals surface area contributed by atoms with Crippen LogP contribution < -0.4 is 15.0 Å². The Labute approximate surface area is 949 Å². The van der Waals surface area contributed by atoms with Gasteiger partial charge in [-0.1, -0.05) is 306 Å². The summed E-state index contributed by atoms with van der Waals surface area (Å²) < 4.78 is 23.5. The summed E-state index contributed by atoms with van der Waals surface area (Å²) >= 11 is 44.9. The number of aromatic nitrogens is 3. The number of hydrogen-bond acceptors (Lipinski definition) is 6. The molecule has 0 atom stereocenters. The van der Waals surface area contributed by atoms with Gasteiger partial charge in [0.2, 0.25) is 0 Å². The van der Waals surface area contributed by atoms with Crippen LogP contribution in [0.4, 0.5) is 17.1 Å². The quantitative estimate of drug-likeness (QED) is 0.118. The predicted octanol–water partition coefficient (Wildman–Crippen LogP) is 39.9. The maximum absolute atomic E-state index is 11.9. The fourth-order valence-corrected chi connectivity index (χ4v) is 27.7. The Morgan fingerprint density at radius 3 is 0.789 bits per heavy atom. The van der Waals surface area contributed by atoms with Crippen LogP contribution >= 0.6 is 117 Å². The molecule has 3 N–H and O–H groups in total. The van der Waals surface area contributed by atoms with Gasteiger partial charge in [-0.05, 0) is 192 Å². The molecule has 0 amide bonds. The van der Waals surface area contributed by atoms with Crippen LogP contribution in [-0.2, 0) is 79.4 Å². The second-order valence-electron chi connectivity index (χ2n) is 38.7. The summed E-state index contributed by atoms with van der Waals surface area (Å²) in [4.78, 5) is 12.3. The van der Waals surface area contributed by atoms with Crippen molar-refractivity contribution in [1.29, 1.82) is 0 Å². The largest absolute Gasteiger partial charge is 0.665 e. The van der Waals surface area contributed by atoms with Crippen molar-refractivity contribution in [3.05, 3.63) is 433 Å². The van der Waals surface area contributed by atoms with Crippen molar-refractivity contribution in [1.82, 2.24) is 15.0 Å². The Bertz CT molecular complexity index is 6720. The molecule has 0 aliphatic heterocycles. The van der Waals surface area contributed by atoms with Crippen molar-refractivity contribution >= 4 is 148 Å². The van der Waals surface area contributed by atoms with Crippen molar-refractivity contribution in [2.45, 2.75) is 162 Å². The molecule has 14 aromatic carbocycles. The van der Waals surface area contributed by atoms with Gasteiger partial charge in [-0.25, -0.2) is 0 Å². The number of rotatable bonds is 11. The Hall–Kier alpha value is -9.43. The van der Waals surface area contributed by atoms with Gasteiger partial charge in [0.1, 0.15) is 17.2 Å². The SMILES string of the molecule is CC(C)(C)[CH]=[W]=[N]c1c(Cl)cccc1Cl.CC(C)(C)[CH]=[W]=[N]c1c(Cl)cccc1Cl.CC(C)(C)[CH]=[W]=[N]c1c(Cl)cccc1Cl.Cc1c(Br)cc2c(c1-c1c(O)c(Br)cc3c1CCCC3)CCCC2.Cc1ccc(C)[n-]1.Cc1ccc(C)[n-]1.Cc1ccc(C)[n-]1.Oc1c(-c2ccccc2)c(-c2ccccc2)c(Br)c(-c2ccccc2)c1-c1ccccc1.Oc1c(-c2ccccc2)cc(-c2ccccc2)cc1-c1ccccc1. The number of phenolic OH excluding ortho intramolecular Hbond substituents is 3. The van der Waals surface area contributed by atoms with E-state index in [9.17, 15) is 15.3 Å². The summed E-state index contributed by atoms with van der Waals surface area (Å²) in [7, 11) is 0. The molecule has 0 fully saturated rings. The Morgan fingerprint density at radius 2 is 0.517 bits per heavy atom. The Kier molecular flexibility index (Phi) is 46.3. The fraction of sp³-hybridized carbons (Fsp3) is 0.214. The second kappa shape index (κ2) is 57.7. The molecule has 0 bridgehead atoms. The van der Waals surface area contributed by atoms with E-state index in [0.717, 1.165) is 169 Å². The Morgan fingerprint density at radius 1 is 0.265 bits per heavy atom. The normalized spacial score (nSPS) is 11.6. The summed E-state index contributed by atoms with van der Waals surface area (Å²) in [5, 5.41) is 37.7. The summed E-state index contributed by atoms with van der Waals surface area (Å²) in [5.41, 5.74) is 32.6. The molecule has 147 heavy (non-hydrogen) atoms. The zero-order chi connectivity index (χ0) is 106. The van der Waals surface area contributed by atoms with Crippen LogP contribution in [0.5, 0.6) is 17.2 Å². The molecule has 3 aromatic heterocycles. The van der Waals surface area contributed by atoms with Gasteiger partial charge < -0.3 is 30.3 Å². The smallest absolute Gasteiger partial charge is 0.137 e. The van der Waals surface area contributed by atoms with Crippen LogP contribution in [0.25, 0.3) is 89.0 Å². The monoisotopic (exact) mass is 2770 g/mol. The molecular weight excluding hydrogens is 2650 g/mol. The van der Waals surface area contributed by atoms with Crippen LogP contribution in [-0.4, -0.2) is 28.5 Å². The van der Waals surface area contributed by atoms with E-state index in [1.165, 1.54) is 63.5 Å². The Balaban J connectivity index is 0.000000164. The van der Waals surface area contributed by atoms with E-state index in [2.05, 4.69) is 216 Å². The van der Waals surface area contributed by atoms with Crippen LogP contribution in [0.2, 0.25) is 30.1 Å². The number of fused-ring (bicyclic) bond motifs is 2. The first-order valence-electron chi connectivity index (χ1n) is 48.6. The van der Waals surface area contributed by atoms with Gasteiger partial charge in [-0.3, -0.25) is 0 Å². The number of phenols is 3. The standard InChI is InChI=1S/C30H21BrO.C24H18O.C21H22Br2O.3C6H3Cl2N.3C6H8N.3C5H10.3W/c31-29-25(21-13-5-1-6-14-21)27(23-17-9-3-10-18-23)30(32)28(24-19-11-4-12-20-24)26(29)22-15-7-2-8-16-22;25-24-22(19-12-6-2-7-13-19)16-21(18-10-4-1-5-11-18)17-23(24)20-14-8-3-9-15-20;1-12-17(22)10-13-6-2-4-8-15(13)19(12)20-16-9-5-3-7-14(16)11-18(23)21(20)24;3*7-4-2-1-3-5(8)6(4)9;3*1-5-3-4-6(2)7-5;3*1-5(2,3)4;;;/h1-20,32H;1-17,25H;10-11,24H,2-9H2,1H3;3*1-3H;3*3-4H,1-2H3;3*1H,2-4H3;;;/q;;;;;;3*-1;;;;;;. The topological polar surface area (TPSA) is 140 Å². The van der Waals surface area contributed by atoms with Crippen molar-refractivity contribution in [2.75, 3.05) is 0 Å². The van der Waals surface area contributed by atoms with Crippen molar-refractivity contribution in [2.24, 2.45) is 26.7 Å². The second-order valence-corrected chi connectivity index (χ2v) is 50.4. The molecule has 0 saturated heterocycles. The molecule has 9 nitrogen and oxygen atoms in total. The van der Waals surface area contributed by atoms with Crippen LogP contribution in [0.3, 0.4) is 0 Å². The van der Waals surface area contributed by atoms with E-state index in [-0.39, 0.29) is 22.0 Å². The first-order valence-corrected chi connectivity index (χ1v) is 62.2. The van der Waals surface area contributed by atoms with Gasteiger partial charge >= 0.3 is 327 Å². The summed E-state index contributed by atoms with van der Waals surface area (Å²) in [6.45, 7) is 33.7. The van der Waals surface area contributed by atoms with Crippen LogP contribution in [0, 0.1) is 64.7 Å². The molecule has 0 radical (unpaired) electrons. The minimum absolute atomic E-state index is 0.238. The third kappa shape index (κ3) is 35.9. The van der Waals surface area contributed by atoms with E-state index in [4.69, 9.17) is 69.6 Å². The zero-order valence-corrected chi connectivity index (χ0v) is 104. The van der Waals surface area contributed by atoms with Crippen LogP contribution in [0.15, 0.2) is 351 Å². The predicted molar refractivity (Wildman–Crippen MR) is 629 cm³/mol. The van der Waals surface area contributed by atoms with Gasteiger partial charge in [0.15, 0.2) is 0 Å². The number of aromatic hydroxyl groups is 3. The number of benzene rings is 14. The van der Waals surface area contributed by atoms with Crippen LogP contribution in [0.1, 0.15) is 150 Å². The van der Waals surface area contributed by atoms with Crippen molar-refractivity contribution < 1.29 is 69.1 Å². The molecule has 2 aliphatic rings. The molecule has 19 rings (SSSR count). The summed E-state index contributed by atoms with van der Waals surface area (Å²) in [6.07, 6.45) is 9.46. The number of halogens is 9. The minimum Gasteiger partial charge on any atom is -0.665 e. The molecule has 2 aliphatic carbocycles. The number of nitrogens with zero attached hydrogens (tertiary/aromatic N) is 6. The van der Waals surface area contributed by atoms with E-state index in [1.54, 1.807) is 0 Å².